The molecule has 6 rings (SSSR count). The van der Waals surface area contributed by atoms with Crippen LogP contribution in [0.15, 0.2) is 60.8 Å². The van der Waals surface area contributed by atoms with Gasteiger partial charge in [0.2, 0.25) is 0 Å². The van der Waals surface area contributed by atoms with Crippen LogP contribution in [0.1, 0.15) is 63.1 Å². The maximum Gasteiger partial charge on any atom is 0.0712 e. The number of unbranched alkanes of at least 4 members (excludes halogenated alkanes) is 2. The summed E-state index contributed by atoms with van der Waals surface area (Å²) in [7, 11) is 2.20. The van der Waals surface area contributed by atoms with E-state index in [1.807, 2.05) is 13.8 Å². The fraction of sp³-hybridized carbons (Fsp3) is 0.469. The SMILES string of the molecule is C=C1NCCC2CN(C)CC12.CC.CCCCCc1ccc(-c2ccc3cc4c(cc3n2)C4)cc1. The maximum atomic E-state index is 4.84. The van der Waals surface area contributed by atoms with Crippen LogP contribution in [0.5, 0.6) is 0 Å². The van der Waals surface area contributed by atoms with Crippen molar-refractivity contribution in [2.75, 3.05) is 26.7 Å². The molecule has 2 saturated heterocycles. The molecular weight excluding hydrogens is 426 g/mol. The number of fused-ring (bicyclic) bond motifs is 3. The molecule has 2 unspecified atom stereocenters. The second-order valence-corrected chi connectivity index (χ2v) is 10.2. The Labute approximate surface area is 212 Å². The van der Waals surface area contributed by atoms with E-state index in [1.165, 1.54) is 78.5 Å². The summed E-state index contributed by atoms with van der Waals surface area (Å²) in [6.07, 6.45) is 7.55. The van der Waals surface area contributed by atoms with Gasteiger partial charge in [-0.2, -0.15) is 0 Å². The van der Waals surface area contributed by atoms with Gasteiger partial charge in [-0.3, -0.25) is 0 Å². The normalized spacial score (nSPS) is 20.1. The molecule has 3 heterocycles. The first-order valence-electron chi connectivity index (χ1n) is 13.7. The number of benzene rings is 2. The first-order chi connectivity index (χ1) is 17.1. The molecule has 3 nitrogen and oxygen atoms in total. The number of aromatic nitrogens is 1. The average Bonchev–Trinajstić information content (AvgIpc) is 3.53. The van der Waals surface area contributed by atoms with Crippen molar-refractivity contribution < 1.29 is 0 Å². The molecule has 35 heavy (non-hydrogen) atoms. The van der Waals surface area contributed by atoms with Gasteiger partial charge in [-0.05, 0) is 73.5 Å². The van der Waals surface area contributed by atoms with Gasteiger partial charge in [0.05, 0.1) is 11.2 Å². The molecule has 2 aliphatic heterocycles. The Bertz CT molecular complexity index is 1130. The van der Waals surface area contributed by atoms with Crippen molar-refractivity contribution in [2.45, 2.75) is 59.3 Å². The van der Waals surface area contributed by atoms with Crippen LogP contribution in [0.25, 0.3) is 22.2 Å². The number of nitrogens with zero attached hydrogens (tertiary/aromatic N) is 2. The summed E-state index contributed by atoms with van der Waals surface area (Å²) >= 11 is 0. The molecule has 0 radical (unpaired) electrons. The summed E-state index contributed by atoms with van der Waals surface area (Å²) in [6.45, 7) is 13.9. The fourth-order valence-corrected chi connectivity index (χ4v) is 5.43. The van der Waals surface area contributed by atoms with Crippen molar-refractivity contribution in [3.63, 3.8) is 0 Å². The standard InChI is InChI=1S/C21H21N.C9H16N2.C2H6/c1-2-3-4-5-15-6-8-16(9-7-15)20-11-10-17-12-18-13-19(18)14-21(17)22-20;1-7-9-6-11(2)5-8(9)3-4-10-7;1-2/h6-12,14H,2-5,13H2,1H3;8-10H,1,3-6H2,2H3;1-2H3. The van der Waals surface area contributed by atoms with Crippen molar-refractivity contribution in [3.8, 4) is 11.3 Å². The predicted molar refractivity (Wildman–Crippen MR) is 151 cm³/mol. The molecule has 1 N–H and O–H groups in total. The second-order valence-electron chi connectivity index (χ2n) is 10.2. The molecule has 0 spiro atoms. The van der Waals surface area contributed by atoms with E-state index < -0.39 is 0 Å². The highest BCUT2D eigenvalue weighted by Gasteiger charge is 2.34. The molecule has 2 fully saturated rings. The third-order valence-corrected chi connectivity index (χ3v) is 7.52. The Hall–Kier alpha value is -2.65. The topological polar surface area (TPSA) is 28.2 Å². The molecule has 0 amide bonds. The summed E-state index contributed by atoms with van der Waals surface area (Å²) in [5.41, 5.74) is 9.07. The summed E-state index contributed by atoms with van der Waals surface area (Å²) < 4.78 is 0. The molecule has 3 aliphatic rings. The number of aryl methyl sites for hydroxylation is 1. The summed E-state index contributed by atoms with van der Waals surface area (Å²) in [6, 6.07) is 17.8. The molecule has 1 aliphatic carbocycles. The highest BCUT2D eigenvalue weighted by molar-refractivity contribution is 5.85. The van der Waals surface area contributed by atoms with Crippen molar-refractivity contribution in [1.82, 2.24) is 15.2 Å². The van der Waals surface area contributed by atoms with Crippen molar-refractivity contribution in [2.24, 2.45) is 11.8 Å². The predicted octanol–water partition coefficient (Wildman–Crippen LogP) is 7.24. The Morgan fingerprint density at radius 1 is 1.00 bits per heavy atom. The lowest BCUT2D eigenvalue weighted by Crippen LogP contribution is -2.33. The maximum absolute atomic E-state index is 4.84. The average molecular weight is 470 g/mol. The van der Waals surface area contributed by atoms with Crippen molar-refractivity contribution >= 4 is 10.9 Å². The van der Waals surface area contributed by atoms with Crippen LogP contribution in [0.3, 0.4) is 0 Å². The largest absolute Gasteiger partial charge is 0.389 e. The van der Waals surface area contributed by atoms with Gasteiger partial charge in [0, 0.05) is 42.2 Å². The number of pyridine rings is 1. The van der Waals surface area contributed by atoms with E-state index >= 15 is 0 Å². The third kappa shape index (κ3) is 6.32. The number of hydrogen-bond acceptors (Lipinski definition) is 3. The van der Waals surface area contributed by atoms with Gasteiger partial charge in [-0.15, -0.1) is 0 Å². The summed E-state index contributed by atoms with van der Waals surface area (Å²) in [5, 5.41) is 4.61. The highest BCUT2D eigenvalue weighted by Crippen LogP contribution is 2.33. The lowest BCUT2D eigenvalue weighted by Gasteiger charge is -2.27. The van der Waals surface area contributed by atoms with Gasteiger partial charge in [-0.25, -0.2) is 4.98 Å². The minimum absolute atomic E-state index is 0.730. The molecule has 0 saturated carbocycles. The lowest BCUT2D eigenvalue weighted by molar-refractivity contribution is 0.366. The van der Waals surface area contributed by atoms with Crippen molar-refractivity contribution in [3.05, 3.63) is 77.5 Å². The van der Waals surface area contributed by atoms with E-state index in [2.05, 4.69) is 79.3 Å². The number of rotatable bonds is 5. The molecule has 3 heteroatoms. The van der Waals surface area contributed by atoms with Gasteiger partial charge in [-0.1, -0.05) is 70.5 Å². The van der Waals surface area contributed by atoms with Crippen molar-refractivity contribution in [1.29, 1.82) is 0 Å². The monoisotopic (exact) mass is 469 g/mol. The Kier molecular flexibility index (Phi) is 8.62. The minimum Gasteiger partial charge on any atom is -0.389 e. The molecule has 186 valence electrons. The zero-order valence-corrected chi connectivity index (χ0v) is 22.2. The van der Waals surface area contributed by atoms with Crippen LogP contribution in [0.2, 0.25) is 0 Å². The molecule has 2 aromatic carbocycles. The molecule has 0 bridgehead atoms. The first-order valence-corrected chi connectivity index (χ1v) is 13.7. The van der Waals surface area contributed by atoms with Gasteiger partial charge in [0.15, 0.2) is 0 Å². The summed E-state index contributed by atoms with van der Waals surface area (Å²) in [4.78, 5) is 7.25. The van der Waals surface area contributed by atoms with E-state index in [9.17, 15) is 0 Å². The number of piperidine rings is 1. The van der Waals surface area contributed by atoms with E-state index in [-0.39, 0.29) is 0 Å². The van der Waals surface area contributed by atoms with E-state index in [0.717, 1.165) is 36.0 Å². The van der Waals surface area contributed by atoms with Gasteiger partial charge >= 0.3 is 0 Å². The first kappa shape index (κ1) is 25.4. The Morgan fingerprint density at radius 2 is 1.77 bits per heavy atom. The minimum atomic E-state index is 0.730. The van der Waals surface area contributed by atoms with E-state index in [1.54, 1.807) is 0 Å². The fourth-order valence-electron chi connectivity index (χ4n) is 5.43. The lowest BCUT2D eigenvalue weighted by atomic mass is 9.87. The number of likely N-dealkylation sites (tertiary alicyclic amines) is 1. The number of nitrogens with one attached hydrogen (secondary N) is 1. The zero-order valence-electron chi connectivity index (χ0n) is 22.2. The molecule has 1 aromatic heterocycles. The third-order valence-electron chi connectivity index (χ3n) is 7.52. The Balaban J connectivity index is 0.000000186. The van der Waals surface area contributed by atoms with Crippen LogP contribution >= 0.6 is 0 Å². The van der Waals surface area contributed by atoms with Crippen LogP contribution in [-0.4, -0.2) is 36.6 Å². The van der Waals surface area contributed by atoms with E-state index in [4.69, 9.17) is 4.98 Å². The second kappa shape index (κ2) is 11.9. The van der Waals surface area contributed by atoms with Crippen LogP contribution < -0.4 is 5.32 Å². The van der Waals surface area contributed by atoms with Crippen LogP contribution in [0.4, 0.5) is 0 Å². The van der Waals surface area contributed by atoms with Gasteiger partial charge < -0.3 is 10.2 Å². The summed E-state index contributed by atoms with van der Waals surface area (Å²) in [5.74, 6) is 1.61. The quantitative estimate of drug-likeness (QED) is 0.312. The smallest absolute Gasteiger partial charge is 0.0712 e. The number of hydrogen-bond donors (Lipinski definition) is 1. The molecule has 3 aromatic rings. The zero-order chi connectivity index (χ0) is 24.8. The molecule has 2 atom stereocenters. The van der Waals surface area contributed by atoms with Gasteiger partial charge in [0.1, 0.15) is 0 Å². The Morgan fingerprint density at radius 3 is 2.51 bits per heavy atom. The van der Waals surface area contributed by atoms with Crippen LogP contribution in [-0.2, 0) is 12.8 Å². The molecular formula is C32H43N3. The van der Waals surface area contributed by atoms with Gasteiger partial charge in [0.25, 0.3) is 0 Å². The highest BCUT2D eigenvalue weighted by atomic mass is 15.1. The van der Waals surface area contributed by atoms with Crippen LogP contribution in [0, 0.1) is 11.8 Å². The van der Waals surface area contributed by atoms with E-state index in [0.29, 0.717) is 0 Å².